The number of benzene rings is 4. The van der Waals surface area contributed by atoms with E-state index in [1.54, 1.807) is 73.8 Å². The number of methoxy groups -OCH3 is 2. The van der Waals surface area contributed by atoms with Crippen LogP contribution >= 0.6 is 0 Å². The molecular weight excluding hydrogens is 514 g/mol. The van der Waals surface area contributed by atoms with Crippen molar-refractivity contribution in [2.75, 3.05) is 18.5 Å². The number of hydrogen-bond acceptors (Lipinski definition) is 6. The van der Waals surface area contributed by atoms with Crippen molar-refractivity contribution in [3.63, 3.8) is 0 Å². The Morgan fingerprint density at radius 3 is 2.28 bits per heavy atom. The number of amides is 1. The maximum atomic E-state index is 13.9. The summed E-state index contributed by atoms with van der Waals surface area (Å²) < 4.78 is 39.6. The third kappa shape index (κ3) is 6.45. The molecule has 0 atom stereocenters. The van der Waals surface area contributed by atoms with E-state index >= 15 is 0 Å². The summed E-state index contributed by atoms with van der Waals surface area (Å²) in [5.74, 6) is 0.583. The van der Waals surface area contributed by atoms with E-state index in [0.29, 0.717) is 17.1 Å². The molecule has 0 aromatic heterocycles. The van der Waals surface area contributed by atoms with Crippen molar-refractivity contribution < 1.29 is 22.7 Å². The number of nitrogens with zero attached hydrogens (tertiary/aromatic N) is 2. The number of carbonyl (C=O) groups excluding carboxylic acids is 1. The maximum Gasteiger partial charge on any atom is 0.273 e. The average molecular weight is 544 g/mol. The predicted molar refractivity (Wildman–Crippen MR) is 152 cm³/mol. The summed E-state index contributed by atoms with van der Waals surface area (Å²) in [6, 6.07) is 27.6. The number of carbonyl (C=O) groups is 1. The molecule has 200 valence electrons. The first-order chi connectivity index (χ1) is 18.8. The second-order valence-corrected chi connectivity index (χ2v) is 10.5. The van der Waals surface area contributed by atoms with Gasteiger partial charge in [-0.3, -0.25) is 9.10 Å². The second-order valence-electron chi connectivity index (χ2n) is 8.63. The lowest BCUT2D eigenvalue weighted by Crippen LogP contribution is -2.33. The number of para-hydroxylation sites is 1. The monoisotopic (exact) mass is 543 g/mol. The number of hydrogen-bond donors (Lipinski definition) is 1. The van der Waals surface area contributed by atoms with Crippen LogP contribution in [0.1, 0.15) is 27.0 Å². The molecule has 0 aliphatic rings. The van der Waals surface area contributed by atoms with Crippen LogP contribution in [0.25, 0.3) is 0 Å². The van der Waals surface area contributed by atoms with E-state index in [1.807, 2.05) is 37.3 Å². The lowest BCUT2D eigenvalue weighted by Gasteiger charge is -2.26. The third-order valence-electron chi connectivity index (χ3n) is 6.00. The van der Waals surface area contributed by atoms with Crippen LogP contribution in [0.3, 0.4) is 0 Å². The molecule has 8 nitrogen and oxygen atoms in total. The van der Waals surface area contributed by atoms with Crippen LogP contribution in [0.2, 0.25) is 0 Å². The van der Waals surface area contributed by atoms with Crippen molar-refractivity contribution in [1.82, 2.24) is 5.43 Å². The Balaban J connectivity index is 1.69. The van der Waals surface area contributed by atoms with E-state index < -0.39 is 15.9 Å². The van der Waals surface area contributed by atoms with Crippen molar-refractivity contribution in [1.29, 1.82) is 0 Å². The number of ether oxygens (including phenoxy) is 2. The fraction of sp³-hybridized carbons (Fsp3) is 0.133. The Morgan fingerprint density at radius 2 is 1.59 bits per heavy atom. The van der Waals surface area contributed by atoms with Crippen LogP contribution in [0, 0.1) is 6.92 Å². The van der Waals surface area contributed by atoms with E-state index in [0.717, 1.165) is 11.1 Å². The first-order valence-electron chi connectivity index (χ1n) is 12.1. The van der Waals surface area contributed by atoms with E-state index in [-0.39, 0.29) is 22.7 Å². The molecule has 0 heterocycles. The molecule has 4 rings (SSSR count). The average Bonchev–Trinajstić information content (AvgIpc) is 2.96. The standard InChI is InChI=1S/C30H29N3O5S/c1-22-13-16-26(17-14-22)39(35,36)33(21-23-9-5-4-6-10-23)28-12-8-7-11-27(28)30(34)32-31-20-24-19-25(37-2)15-18-29(24)38-3/h4-20H,21H2,1-3H3,(H,32,34)/b31-20-. The van der Waals surface area contributed by atoms with Gasteiger partial charge in [0.05, 0.1) is 43.1 Å². The van der Waals surface area contributed by atoms with Crippen molar-refractivity contribution >= 4 is 27.8 Å². The Hall–Kier alpha value is -4.63. The van der Waals surface area contributed by atoms with Gasteiger partial charge in [0.2, 0.25) is 0 Å². The fourth-order valence-corrected chi connectivity index (χ4v) is 5.40. The highest BCUT2D eigenvalue weighted by Crippen LogP contribution is 2.29. The van der Waals surface area contributed by atoms with Crippen LogP contribution < -0.4 is 19.2 Å². The van der Waals surface area contributed by atoms with Gasteiger partial charge in [0.15, 0.2) is 0 Å². The molecular formula is C30H29N3O5S. The van der Waals surface area contributed by atoms with Gasteiger partial charge in [-0.25, -0.2) is 13.8 Å². The highest BCUT2D eigenvalue weighted by Gasteiger charge is 2.28. The van der Waals surface area contributed by atoms with Crippen LogP contribution in [0.15, 0.2) is 107 Å². The number of aryl methyl sites for hydroxylation is 1. The van der Waals surface area contributed by atoms with Crippen LogP contribution in [0.4, 0.5) is 5.69 Å². The molecule has 9 heteroatoms. The Labute approximate surface area is 228 Å². The molecule has 0 bridgehead atoms. The van der Waals surface area contributed by atoms with E-state index in [1.165, 1.54) is 17.6 Å². The summed E-state index contributed by atoms with van der Waals surface area (Å²) in [5.41, 5.74) is 5.19. The number of anilines is 1. The summed E-state index contributed by atoms with van der Waals surface area (Å²) in [6.07, 6.45) is 1.44. The third-order valence-corrected chi connectivity index (χ3v) is 7.78. The first kappa shape index (κ1) is 27.4. The first-order valence-corrected chi connectivity index (χ1v) is 13.6. The zero-order valence-corrected chi connectivity index (χ0v) is 22.7. The summed E-state index contributed by atoms with van der Waals surface area (Å²) in [5, 5.41) is 4.09. The summed E-state index contributed by atoms with van der Waals surface area (Å²) >= 11 is 0. The van der Waals surface area contributed by atoms with E-state index in [9.17, 15) is 13.2 Å². The van der Waals surface area contributed by atoms with Gasteiger partial charge in [0, 0.05) is 5.56 Å². The maximum absolute atomic E-state index is 13.9. The SMILES string of the molecule is COc1ccc(OC)c(/C=N\NC(=O)c2ccccc2N(Cc2ccccc2)S(=O)(=O)c2ccc(C)cc2)c1. The zero-order valence-electron chi connectivity index (χ0n) is 21.9. The van der Waals surface area contributed by atoms with Gasteiger partial charge in [-0.15, -0.1) is 0 Å². The highest BCUT2D eigenvalue weighted by atomic mass is 32.2. The minimum atomic E-state index is -4.02. The molecule has 0 aliphatic heterocycles. The molecule has 39 heavy (non-hydrogen) atoms. The molecule has 0 fully saturated rings. The number of hydrazone groups is 1. The molecule has 0 radical (unpaired) electrons. The quantitative estimate of drug-likeness (QED) is 0.220. The largest absolute Gasteiger partial charge is 0.497 e. The van der Waals surface area contributed by atoms with Gasteiger partial charge >= 0.3 is 0 Å². The van der Waals surface area contributed by atoms with Crippen LogP contribution in [-0.2, 0) is 16.6 Å². The van der Waals surface area contributed by atoms with Crippen molar-refractivity contribution in [2.24, 2.45) is 5.10 Å². The van der Waals surface area contributed by atoms with Crippen molar-refractivity contribution in [2.45, 2.75) is 18.4 Å². The summed E-state index contributed by atoms with van der Waals surface area (Å²) in [4.78, 5) is 13.4. The van der Waals surface area contributed by atoms with Crippen LogP contribution in [0.5, 0.6) is 11.5 Å². The minimum Gasteiger partial charge on any atom is -0.497 e. The van der Waals surface area contributed by atoms with Crippen molar-refractivity contribution in [3.8, 4) is 11.5 Å². The molecule has 0 aliphatic carbocycles. The molecule has 1 amide bonds. The molecule has 4 aromatic rings. The van der Waals surface area contributed by atoms with Gasteiger partial charge in [-0.2, -0.15) is 5.10 Å². The minimum absolute atomic E-state index is 0.0334. The molecule has 0 unspecified atom stereocenters. The van der Waals surface area contributed by atoms with E-state index in [2.05, 4.69) is 10.5 Å². The number of sulfonamides is 1. The van der Waals surface area contributed by atoms with E-state index in [4.69, 9.17) is 9.47 Å². The topological polar surface area (TPSA) is 97.3 Å². The number of nitrogens with one attached hydrogen (secondary N) is 1. The Bertz CT molecular complexity index is 1570. The van der Waals surface area contributed by atoms with Gasteiger partial charge < -0.3 is 9.47 Å². The fourth-order valence-electron chi connectivity index (χ4n) is 3.93. The Kier molecular flexibility index (Phi) is 8.63. The predicted octanol–water partition coefficient (Wildman–Crippen LogP) is 5.17. The molecule has 0 saturated carbocycles. The lowest BCUT2D eigenvalue weighted by atomic mass is 10.1. The van der Waals surface area contributed by atoms with Gasteiger partial charge in [0.1, 0.15) is 11.5 Å². The summed E-state index contributed by atoms with van der Waals surface area (Å²) in [6.45, 7) is 1.92. The van der Waals surface area contributed by atoms with Gasteiger partial charge in [0.25, 0.3) is 15.9 Å². The lowest BCUT2D eigenvalue weighted by molar-refractivity contribution is 0.0955. The summed E-state index contributed by atoms with van der Waals surface area (Å²) in [7, 11) is -0.940. The normalized spacial score (nSPS) is 11.3. The van der Waals surface area contributed by atoms with Gasteiger partial charge in [-0.1, -0.05) is 60.2 Å². The molecule has 4 aromatic carbocycles. The highest BCUT2D eigenvalue weighted by molar-refractivity contribution is 7.92. The smallest absolute Gasteiger partial charge is 0.273 e. The Morgan fingerprint density at radius 1 is 0.897 bits per heavy atom. The van der Waals surface area contributed by atoms with Crippen molar-refractivity contribution in [3.05, 3.63) is 119 Å². The zero-order chi connectivity index (χ0) is 27.8. The molecule has 0 saturated heterocycles. The second kappa shape index (κ2) is 12.3. The van der Waals surface area contributed by atoms with Gasteiger partial charge in [-0.05, 0) is 55.0 Å². The molecule has 1 N–H and O–H groups in total. The number of rotatable bonds is 10. The van der Waals surface area contributed by atoms with Crippen LogP contribution in [-0.4, -0.2) is 34.8 Å². The molecule has 0 spiro atoms.